The van der Waals surface area contributed by atoms with Gasteiger partial charge in [0.15, 0.2) is 0 Å². The van der Waals surface area contributed by atoms with Crippen LogP contribution in [0.5, 0.6) is 5.75 Å². The Bertz CT molecular complexity index is 1360. The van der Waals surface area contributed by atoms with Crippen LogP contribution in [0.2, 0.25) is 0 Å². The van der Waals surface area contributed by atoms with E-state index in [-0.39, 0.29) is 11.6 Å². The Morgan fingerprint density at radius 1 is 1.19 bits per heavy atom. The number of carbonyl (C=O) groups excluding carboxylic acids is 1. The number of hydrogen-bond acceptors (Lipinski definition) is 7. The highest BCUT2D eigenvalue weighted by Gasteiger charge is 2.17. The van der Waals surface area contributed by atoms with Crippen LogP contribution in [0, 0.1) is 12.8 Å². The number of nitrogen functional groups attached to an aromatic ring is 1. The summed E-state index contributed by atoms with van der Waals surface area (Å²) >= 11 is 0. The van der Waals surface area contributed by atoms with Crippen molar-refractivity contribution in [2.45, 2.75) is 19.8 Å². The van der Waals surface area contributed by atoms with E-state index in [2.05, 4.69) is 20.4 Å². The molecular formula is C27H28N6O3. The number of nitrogens with two attached hydrogens (primary N) is 1. The van der Waals surface area contributed by atoms with Gasteiger partial charge in [-0.3, -0.25) is 9.78 Å². The van der Waals surface area contributed by atoms with Gasteiger partial charge in [0.05, 0.1) is 18.5 Å². The van der Waals surface area contributed by atoms with Gasteiger partial charge in [0.25, 0.3) is 5.91 Å². The van der Waals surface area contributed by atoms with Crippen LogP contribution in [0.4, 0.5) is 11.5 Å². The summed E-state index contributed by atoms with van der Waals surface area (Å²) in [4.78, 5) is 21.0. The largest absolute Gasteiger partial charge is 0.493 e. The maximum absolute atomic E-state index is 12.6. The first kappa shape index (κ1) is 23.5. The van der Waals surface area contributed by atoms with Gasteiger partial charge in [0.1, 0.15) is 17.3 Å². The molecule has 1 aliphatic heterocycles. The number of benzene rings is 1. The van der Waals surface area contributed by atoms with Crippen LogP contribution in [-0.4, -0.2) is 45.5 Å². The number of nitrogens with one attached hydrogen (secondary N) is 1. The Balaban J connectivity index is 1.35. The summed E-state index contributed by atoms with van der Waals surface area (Å²) in [6.07, 6.45) is 9.28. The molecule has 0 unspecified atom stereocenters. The van der Waals surface area contributed by atoms with Gasteiger partial charge in [-0.1, -0.05) is 12.1 Å². The molecule has 3 aromatic heterocycles. The zero-order chi connectivity index (χ0) is 24.9. The topological polar surface area (TPSA) is 117 Å². The van der Waals surface area contributed by atoms with Crippen LogP contribution >= 0.6 is 0 Å². The molecule has 1 fully saturated rings. The van der Waals surface area contributed by atoms with E-state index >= 15 is 0 Å². The predicted octanol–water partition coefficient (Wildman–Crippen LogP) is 4.28. The van der Waals surface area contributed by atoms with E-state index in [0.717, 1.165) is 54.2 Å². The number of aromatic nitrogens is 4. The molecule has 0 spiro atoms. The van der Waals surface area contributed by atoms with Crippen LogP contribution in [0.25, 0.3) is 16.8 Å². The van der Waals surface area contributed by atoms with E-state index in [1.54, 1.807) is 41.5 Å². The molecule has 0 radical (unpaired) electrons. The van der Waals surface area contributed by atoms with Gasteiger partial charge < -0.3 is 20.5 Å². The van der Waals surface area contributed by atoms with E-state index < -0.39 is 0 Å². The minimum Gasteiger partial charge on any atom is -0.493 e. The zero-order valence-corrected chi connectivity index (χ0v) is 20.1. The third kappa shape index (κ3) is 5.36. The average molecular weight is 485 g/mol. The standard InChI is InChI=1S/C27H28N6O3/c1-18-5-6-21(31-27(34)23-3-2-4-26(28)32-23)13-24(18)33-16-20(14-30-33)22-15-29-10-7-25(22)36-17-19-8-11-35-12-9-19/h2-7,10,13-16,19H,8-9,11-12,17H2,1H3,(H2,28,32)(H,31,34). The van der Waals surface area contributed by atoms with Gasteiger partial charge in [-0.25, -0.2) is 9.67 Å². The van der Waals surface area contributed by atoms with Crippen LogP contribution < -0.4 is 15.8 Å². The number of aryl methyl sites for hydroxylation is 1. The van der Waals surface area contributed by atoms with Crippen molar-refractivity contribution in [2.24, 2.45) is 5.92 Å². The number of amides is 1. The molecule has 0 atom stereocenters. The lowest BCUT2D eigenvalue weighted by molar-refractivity contribution is 0.0498. The van der Waals surface area contributed by atoms with Crippen molar-refractivity contribution in [1.29, 1.82) is 0 Å². The third-order valence-electron chi connectivity index (χ3n) is 6.21. The SMILES string of the molecule is Cc1ccc(NC(=O)c2cccc(N)n2)cc1-n1cc(-c2cnccc2OCC2CCOCC2)cn1. The Kier molecular flexibility index (Phi) is 6.90. The van der Waals surface area contributed by atoms with Gasteiger partial charge in [-0.15, -0.1) is 0 Å². The number of carbonyl (C=O) groups is 1. The number of pyridine rings is 2. The Hall–Kier alpha value is -4.24. The lowest BCUT2D eigenvalue weighted by Crippen LogP contribution is -2.21. The summed E-state index contributed by atoms with van der Waals surface area (Å²) in [5, 5.41) is 7.46. The third-order valence-corrected chi connectivity index (χ3v) is 6.21. The maximum atomic E-state index is 12.6. The number of hydrogen-bond donors (Lipinski definition) is 2. The van der Waals surface area contributed by atoms with Crippen LogP contribution in [0.15, 0.2) is 67.3 Å². The molecular weight excluding hydrogens is 456 g/mol. The summed E-state index contributed by atoms with van der Waals surface area (Å²) in [5.41, 5.74) is 10.2. The van der Waals surface area contributed by atoms with Gasteiger partial charge in [0, 0.05) is 48.6 Å². The maximum Gasteiger partial charge on any atom is 0.274 e. The van der Waals surface area contributed by atoms with Gasteiger partial charge in [-0.2, -0.15) is 5.10 Å². The van der Waals surface area contributed by atoms with Crippen LogP contribution in [0.3, 0.4) is 0 Å². The summed E-state index contributed by atoms with van der Waals surface area (Å²) in [5.74, 6) is 1.23. The summed E-state index contributed by atoms with van der Waals surface area (Å²) in [6, 6.07) is 12.5. The first-order valence-electron chi connectivity index (χ1n) is 11.9. The molecule has 1 saturated heterocycles. The second-order valence-electron chi connectivity index (χ2n) is 8.82. The minimum atomic E-state index is -0.333. The highest BCUT2D eigenvalue weighted by molar-refractivity contribution is 6.03. The number of ether oxygens (including phenoxy) is 2. The lowest BCUT2D eigenvalue weighted by Gasteiger charge is -2.22. The Morgan fingerprint density at radius 3 is 2.89 bits per heavy atom. The van der Waals surface area contributed by atoms with Crippen molar-refractivity contribution in [3.05, 3.63) is 78.5 Å². The summed E-state index contributed by atoms with van der Waals surface area (Å²) in [7, 11) is 0. The van der Waals surface area contributed by atoms with E-state index in [1.165, 1.54) is 0 Å². The summed E-state index contributed by atoms with van der Waals surface area (Å²) < 4.78 is 13.4. The molecule has 9 heteroatoms. The zero-order valence-electron chi connectivity index (χ0n) is 20.1. The molecule has 1 aliphatic rings. The monoisotopic (exact) mass is 484 g/mol. The van der Waals surface area contributed by atoms with Crippen LogP contribution in [0.1, 0.15) is 28.9 Å². The fraction of sp³-hybridized carbons (Fsp3) is 0.259. The first-order chi connectivity index (χ1) is 17.6. The van der Waals surface area contributed by atoms with E-state index in [0.29, 0.717) is 24.0 Å². The predicted molar refractivity (Wildman–Crippen MR) is 137 cm³/mol. The van der Waals surface area contributed by atoms with Crippen molar-refractivity contribution >= 4 is 17.4 Å². The molecule has 4 heterocycles. The molecule has 0 aliphatic carbocycles. The van der Waals surface area contributed by atoms with Crippen molar-refractivity contribution < 1.29 is 14.3 Å². The Labute approximate surface area is 209 Å². The average Bonchev–Trinajstić information content (AvgIpc) is 3.39. The highest BCUT2D eigenvalue weighted by atomic mass is 16.5. The fourth-order valence-corrected chi connectivity index (χ4v) is 4.15. The molecule has 9 nitrogen and oxygen atoms in total. The van der Waals surface area contributed by atoms with Gasteiger partial charge in [-0.05, 0) is 61.6 Å². The van der Waals surface area contributed by atoms with Gasteiger partial charge >= 0.3 is 0 Å². The minimum absolute atomic E-state index is 0.253. The second-order valence-corrected chi connectivity index (χ2v) is 8.82. The Morgan fingerprint density at radius 2 is 2.06 bits per heavy atom. The van der Waals surface area contributed by atoms with E-state index in [9.17, 15) is 4.79 Å². The smallest absolute Gasteiger partial charge is 0.274 e. The normalized spacial score (nSPS) is 13.9. The molecule has 3 N–H and O–H groups in total. The highest BCUT2D eigenvalue weighted by Crippen LogP contribution is 2.31. The first-order valence-corrected chi connectivity index (χ1v) is 11.9. The van der Waals surface area contributed by atoms with Gasteiger partial charge in [0.2, 0.25) is 0 Å². The second kappa shape index (κ2) is 10.6. The van der Waals surface area contributed by atoms with E-state index in [1.807, 2.05) is 37.4 Å². The molecule has 1 aromatic carbocycles. The molecule has 0 bridgehead atoms. The molecule has 36 heavy (non-hydrogen) atoms. The number of nitrogens with zero attached hydrogens (tertiary/aromatic N) is 4. The van der Waals surface area contributed by atoms with Crippen molar-refractivity contribution in [3.8, 4) is 22.6 Å². The molecule has 5 rings (SSSR count). The molecule has 0 saturated carbocycles. The number of rotatable bonds is 7. The quantitative estimate of drug-likeness (QED) is 0.402. The fourth-order valence-electron chi connectivity index (χ4n) is 4.15. The number of anilines is 2. The molecule has 1 amide bonds. The van der Waals surface area contributed by atoms with Crippen molar-refractivity contribution in [1.82, 2.24) is 19.7 Å². The summed E-state index contributed by atoms with van der Waals surface area (Å²) in [6.45, 7) is 4.23. The lowest BCUT2D eigenvalue weighted by atomic mass is 10.0. The van der Waals surface area contributed by atoms with Crippen molar-refractivity contribution in [2.75, 3.05) is 30.9 Å². The molecule has 4 aromatic rings. The molecule has 184 valence electrons. The van der Waals surface area contributed by atoms with Crippen LogP contribution in [-0.2, 0) is 4.74 Å². The van der Waals surface area contributed by atoms with E-state index in [4.69, 9.17) is 15.2 Å². The van der Waals surface area contributed by atoms with Crippen molar-refractivity contribution in [3.63, 3.8) is 0 Å².